The zero-order valence-electron chi connectivity index (χ0n) is 36.6. The minimum Gasteiger partial charge on any atom is -0.463 e. The van der Waals surface area contributed by atoms with Gasteiger partial charge in [-0.2, -0.15) is 0 Å². The molecule has 0 spiro atoms. The Labute approximate surface area is 365 Å². The van der Waals surface area contributed by atoms with E-state index < -0.39 is 171 Å². The molecule has 0 radical (unpaired) electrons. The lowest BCUT2D eigenvalue weighted by atomic mass is 9.94. The first-order valence-electron chi connectivity index (χ1n) is 19.6. The summed E-state index contributed by atoms with van der Waals surface area (Å²) in [5.74, 6) is -8.60. The van der Waals surface area contributed by atoms with Crippen LogP contribution in [0.1, 0.15) is 69.2 Å². The van der Waals surface area contributed by atoms with Crippen molar-refractivity contribution in [3.8, 4) is 0 Å². The molecular formula is C38H54N2O24. The quantitative estimate of drug-likeness (QED) is 0.0985. The third-order valence-corrected chi connectivity index (χ3v) is 9.07. The van der Waals surface area contributed by atoms with Gasteiger partial charge < -0.3 is 77.3 Å². The third-order valence-electron chi connectivity index (χ3n) is 9.07. The van der Waals surface area contributed by atoms with Gasteiger partial charge in [0.15, 0.2) is 61.6 Å². The van der Waals surface area contributed by atoms with Gasteiger partial charge in [-0.05, 0) is 0 Å². The second-order valence-corrected chi connectivity index (χ2v) is 14.6. The molecule has 0 saturated carbocycles. The molecule has 3 rings (SSSR count). The molecule has 3 aliphatic heterocycles. The molecule has 3 fully saturated rings. The lowest BCUT2D eigenvalue weighted by Gasteiger charge is -2.49. The van der Waals surface area contributed by atoms with Crippen LogP contribution in [0.15, 0.2) is 0 Å². The minimum atomic E-state index is -2.17. The van der Waals surface area contributed by atoms with Crippen LogP contribution in [-0.4, -0.2) is 176 Å². The van der Waals surface area contributed by atoms with Gasteiger partial charge >= 0.3 is 47.8 Å². The Hall–Kier alpha value is -5.54. The molecule has 26 nitrogen and oxygen atoms in total. The average molecular weight is 923 g/mol. The second kappa shape index (κ2) is 23.9. The van der Waals surface area contributed by atoms with Crippen LogP contribution in [0.4, 0.5) is 0 Å². The van der Waals surface area contributed by atoms with Crippen LogP contribution in [0.2, 0.25) is 0 Å². The molecule has 26 heteroatoms. The van der Waals surface area contributed by atoms with Crippen LogP contribution < -0.4 is 10.6 Å². The van der Waals surface area contributed by atoms with Gasteiger partial charge in [0.05, 0.1) is 6.61 Å². The molecule has 3 N–H and O–H groups in total. The zero-order valence-corrected chi connectivity index (χ0v) is 36.6. The van der Waals surface area contributed by atoms with Crippen molar-refractivity contribution >= 4 is 59.6 Å². The fourth-order valence-electron chi connectivity index (χ4n) is 7.02. The summed E-state index contributed by atoms with van der Waals surface area (Å²) in [7, 11) is 0. The van der Waals surface area contributed by atoms with E-state index >= 15 is 0 Å². The molecule has 2 amide bonds. The van der Waals surface area contributed by atoms with Crippen molar-refractivity contribution in [2.45, 2.75) is 161 Å². The predicted molar refractivity (Wildman–Crippen MR) is 201 cm³/mol. The van der Waals surface area contributed by atoms with E-state index in [0.717, 1.165) is 69.2 Å². The number of ether oxygens (including phenoxy) is 13. The van der Waals surface area contributed by atoms with Crippen molar-refractivity contribution in [1.82, 2.24) is 10.6 Å². The Bertz CT molecular complexity index is 1740. The Morgan fingerprint density at radius 3 is 1.11 bits per heavy atom. The number of esters is 8. The van der Waals surface area contributed by atoms with Crippen LogP contribution in [0.5, 0.6) is 0 Å². The number of nitrogens with one attached hydrogen (secondary N) is 2. The maximum absolute atomic E-state index is 12.7. The van der Waals surface area contributed by atoms with Crippen LogP contribution >= 0.6 is 0 Å². The van der Waals surface area contributed by atoms with Gasteiger partial charge in [-0.1, -0.05) is 0 Å². The summed E-state index contributed by atoms with van der Waals surface area (Å²) in [6.45, 7) is 8.41. The highest BCUT2D eigenvalue weighted by Gasteiger charge is 2.57. The Kier molecular flexibility index (Phi) is 19.8. The van der Waals surface area contributed by atoms with Gasteiger partial charge in [-0.3, -0.25) is 47.9 Å². The van der Waals surface area contributed by atoms with Gasteiger partial charge in [-0.15, -0.1) is 0 Å². The summed E-state index contributed by atoms with van der Waals surface area (Å²) in [4.78, 5) is 123. The molecule has 0 aromatic heterocycles. The molecule has 3 heterocycles. The SMILES string of the molecule is CC(=O)N[C@@H]1[C@@H](O[C@@H]2[C@@H](OC(C)=O)[C@H](OC(C)=O)[C@@H](CO[C@@H]3O[C@H](COC(C)=O)[C@@H](OC(C)=O)[C@H](OC(C)=O)[C@H]3NC(C)=O)O[C@H]2O)O[C@@H](COC(C)=O)[C@H](OC(C)=O)[C@H]1OC(C)=O. The monoisotopic (exact) mass is 922 g/mol. The highest BCUT2D eigenvalue weighted by Crippen LogP contribution is 2.35. The molecule has 3 saturated heterocycles. The van der Waals surface area contributed by atoms with E-state index in [1.165, 1.54) is 0 Å². The topological polar surface area (TPSA) is 335 Å². The van der Waals surface area contributed by atoms with Crippen LogP contribution in [0.3, 0.4) is 0 Å². The van der Waals surface area contributed by atoms with Gasteiger partial charge in [0.1, 0.15) is 43.6 Å². The highest BCUT2D eigenvalue weighted by atomic mass is 16.8. The first-order valence-corrected chi connectivity index (χ1v) is 19.6. The van der Waals surface area contributed by atoms with Crippen molar-refractivity contribution in [3.63, 3.8) is 0 Å². The molecule has 360 valence electrons. The molecule has 15 atom stereocenters. The van der Waals surface area contributed by atoms with Crippen molar-refractivity contribution < 1.29 is 115 Å². The molecule has 64 heavy (non-hydrogen) atoms. The van der Waals surface area contributed by atoms with Gasteiger partial charge in [0.2, 0.25) is 11.8 Å². The fraction of sp³-hybridized carbons (Fsp3) is 0.737. The van der Waals surface area contributed by atoms with Crippen LogP contribution in [0.25, 0.3) is 0 Å². The van der Waals surface area contributed by atoms with Crippen molar-refractivity contribution in [2.24, 2.45) is 0 Å². The largest absolute Gasteiger partial charge is 0.463 e. The molecule has 0 aliphatic carbocycles. The maximum atomic E-state index is 12.7. The summed E-state index contributed by atoms with van der Waals surface area (Å²) < 4.78 is 73.1. The zero-order chi connectivity index (χ0) is 48.2. The summed E-state index contributed by atoms with van der Waals surface area (Å²) in [6.07, 6.45) is -21.8. The smallest absolute Gasteiger partial charge is 0.303 e. The number of hydrogen-bond donors (Lipinski definition) is 3. The normalized spacial score (nSPS) is 32.3. The van der Waals surface area contributed by atoms with Crippen LogP contribution in [-0.2, 0) is 110 Å². The van der Waals surface area contributed by atoms with Crippen LogP contribution in [0, 0.1) is 0 Å². The summed E-state index contributed by atoms with van der Waals surface area (Å²) >= 11 is 0. The number of rotatable bonds is 17. The Balaban J connectivity index is 2.09. The van der Waals surface area contributed by atoms with Gasteiger partial charge in [-0.25, -0.2) is 0 Å². The average Bonchev–Trinajstić information content (AvgIpc) is 3.14. The molecular weight excluding hydrogens is 868 g/mol. The fourth-order valence-corrected chi connectivity index (χ4v) is 7.02. The lowest BCUT2D eigenvalue weighted by Crippen LogP contribution is -2.69. The third kappa shape index (κ3) is 15.6. The lowest BCUT2D eigenvalue weighted by molar-refractivity contribution is -0.354. The number of aliphatic hydroxyl groups is 1. The van der Waals surface area contributed by atoms with Crippen molar-refractivity contribution in [3.05, 3.63) is 0 Å². The van der Waals surface area contributed by atoms with E-state index in [-0.39, 0.29) is 0 Å². The summed E-state index contributed by atoms with van der Waals surface area (Å²) in [5.41, 5.74) is 0. The highest BCUT2D eigenvalue weighted by molar-refractivity contribution is 5.74. The maximum Gasteiger partial charge on any atom is 0.303 e. The van der Waals surface area contributed by atoms with Gasteiger partial charge in [0, 0.05) is 69.2 Å². The first-order chi connectivity index (χ1) is 29.9. The van der Waals surface area contributed by atoms with E-state index in [9.17, 15) is 53.1 Å². The number of aliphatic hydroxyl groups excluding tert-OH is 1. The Morgan fingerprint density at radius 2 is 0.734 bits per heavy atom. The number of carbonyl (C=O) groups excluding carboxylic acids is 10. The van der Waals surface area contributed by atoms with Crippen molar-refractivity contribution in [2.75, 3.05) is 19.8 Å². The minimum absolute atomic E-state index is 0.579. The number of carbonyl (C=O) groups is 10. The van der Waals surface area contributed by atoms with E-state index in [1.807, 2.05) is 0 Å². The predicted octanol–water partition coefficient (Wildman–Crippen LogP) is -2.72. The Morgan fingerprint density at radius 1 is 0.406 bits per heavy atom. The van der Waals surface area contributed by atoms with E-state index in [2.05, 4.69) is 10.6 Å². The summed E-state index contributed by atoms with van der Waals surface area (Å²) in [6, 6.07) is -3.04. The molecule has 0 unspecified atom stereocenters. The molecule has 3 aliphatic rings. The number of hydrogen-bond acceptors (Lipinski definition) is 24. The first kappa shape index (κ1) is 52.8. The number of amides is 2. The van der Waals surface area contributed by atoms with E-state index in [0.29, 0.717) is 0 Å². The molecule has 0 bridgehead atoms. The standard InChI is InChI=1S/C38H54N2O24/c1-14(41)39-27-32(58-21(8)48)29(55-18(5)45)25(11-52-16(3)43)62-37(27)54-13-24-31(57-20(7)47)34(60-23(10)50)35(36(51)61-24)64-38-28(40-15(2)42)33(59-22(9)49)30(56-19(6)46)26(63-38)12-53-17(4)44/h24-38,51H,11-13H2,1-10H3,(H,39,41)(H,40,42)/t24-,25-,26+,27-,28+,29-,30+,31-,32-,33+,34+,35-,36-,37-,38-/m1/s1. The molecule has 0 aromatic rings. The van der Waals surface area contributed by atoms with Gasteiger partial charge in [0.25, 0.3) is 0 Å². The summed E-state index contributed by atoms with van der Waals surface area (Å²) in [5, 5.41) is 16.6. The van der Waals surface area contributed by atoms with Crippen molar-refractivity contribution in [1.29, 1.82) is 0 Å². The second-order valence-electron chi connectivity index (χ2n) is 14.6. The van der Waals surface area contributed by atoms with E-state index in [4.69, 9.17) is 61.6 Å². The van der Waals surface area contributed by atoms with E-state index in [1.54, 1.807) is 0 Å². The molecule has 0 aromatic carbocycles.